The van der Waals surface area contributed by atoms with E-state index in [1.54, 1.807) is 0 Å². The van der Waals surface area contributed by atoms with Crippen molar-refractivity contribution in [3.63, 3.8) is 0 Å². The topological polar surface area (TPSA) is 106 Å². The van der Waals surface area contributed by atoms with Crippen molar-refractivity contribution < 1.29 is 28.1 Å². The molecule has 3 heterocycles. The van der Waals surface area contributed by atoms with Gasteiger partial charge in [0.25, 0.3) is 5.92 Å². The standard InChI is InChI=1S/C23H25F3N4O3/c1-23(25,26)12-6-11-2-4-28-9-13(11)17(7-12)33-18-8-16(20(31)21(18)32)30-10-14(24)19-15(27)3-5-29-22(19)30/h3,5-7,10,16,18,20-21,28,31-32H,2,4,8-9H2,1H3,(H2,27,29)/t16-,18+,20+,21-/m1/s1. The maximum Gasteiger partial charge on any atom is 0.270 e. The Kier molecular flexibility index (Phi) is 5.26. The molecule has 1 aliphatic heterocycles. The fourth-order valence-corrected chi connectivity index (χ4v) is 4.85. The molecule has 3 aromatic rings. The van der Waals surface area contributed by atoms with E-state index in [9.17, 15) is 23.4 Å². The van der Waals surface area contributed by atoms with Crippen LogP contribution in [0.3, 0.4) is 0 Å². The van der Waals surface area contributed by atoms with Crippen molar-refractivity contribution in [1.29, 1.82) is 0 Å². The number of halogens is 3. The van der Waals surface area contributed by atoms with Gasteiger partial charge in [0.1, 0.15) is 29.7 Å². The second-order valence-corrected chi connectivity index (χ2v) is 8.85. The van der Waals surface area contributed by atoms with E-state index in [4.69, 9.17) is 10.5 Å². The van der Waals surface area contributed by atoms with Crippen molar-refractivity contribution in [1.82, 2.24) is 14.9 Å². The molecular weight excluding hydrogens is 437 g/mol. The highest BCUT2D eigenvalue weighted by Crippen LogP contribution is 2.40. The quantitative estimate of drug-likeness (QED) is 0.475. The molecule has 1 aromatic carbocycles. The van der Waals surface area contributed by atoms with Crippen molar-refractivity contribution in [2.24, 2.45) is 0 Å². The van der Waals surface area contributed by atoms with Gasteiger partial charge >= 0.3 is 0 Å². The largest absolute Gasteiger partial charge is 0.487 e. The van der Waals surface area contributed by atoms with Crippen molar-refractivity contribution in [2.75, 3.05) is 12.3 Å². The molecule has 0 saturated heterocycles. The van der Waals surface area contributed by atoms with Crippen LogP contribution in [0.2, 0.25) is 0 Å². The average molecular weight is 462 g/mol. The summed E-state index contributed by atoms with van der Waals surface area (Å²) in [4.78, 5) is 4.19. The highest BCUT2D eigenvalue weighted by Gasteiger charge is 2.45. The van der Waals surface area contributed by atoms with Gasteiger partial charge in [-0.25, -0.2) is 18.2 Å². The Morgan fingerprint density at radius 3 is 2.82 bits per heavy atom. The summed E-state index contributed by atoms with van der Waals surface area (Å²) in [7, 11) is 0. The van der Waals surface area contributed by atoms with E-state index in [1.165, 1.54) is 35.2 Å². The van der Waals surface area contributed by atoms with Crippen molar-refractivity contribution in [2.45, 2.75) is 56.6 Å². The number of alkyl halides is 2. The Morgan fingerprint density at radius 2 is 2.06 bits per heavy atom. The van der Waals surface area contributed by atoms with Gasteiger partial charge in [-0.1, -0.05) is 0 Å². The number of benzene rings is 1. The maximum atomic E-state index is 14.5. The first-order valence-electron chi connectivity index (χ1n) is 10.8. The predicted octanol–water partition coefficient (Wildman–Crippen LogP) is 2.63. The Labute approximate surface area is 188 Å². The SMILES string of the molecule is CC(F)(F)c1cc2c(c(O[C@H]3C[C@@H](n4cc(F)c5c(N)ccnc54)[C@H](O)[C@@H]3O)c1)CNCC2. The highest BCUT2D eigenvalue weighted by atomic mass is 19.3. The molecule has 0 radical (unpaired) electrons. The van der Waals surface area contributed by atoms with Crippen molar-refractivity contribution in [3.8, 4) is 5.75 Å². The van der Waals surface area contributed by atoms with Gasteiger partial charge in [0.05, 0.1) is 11.4 Å². The molecule has 1 saturated carbocycles. The molecule has 5 N–H and O–H groups in total. The number of nitrogen functional groups attached to an aromatic ring is 1. The predicted molar refractivity (Wildman–Crippen MR) is 116 cm³/mol. The number of aliphatic hydroxyl groups is 2. The summed E-state index contributed by atoms with van der Waals surface area (Å²) in [5.41, 5.74) is 7.70. The van der Waals surface area contributed by atoms with Gasteiger partial charge in [-0.15, -0.1) is 0 Å². The Morgan fingerprint density at radius 1 is 1.27 bits per heavy atom. The molecule has 5 rings (SSSR count). The second kappa shape index (κ2) is 7.89. The van der Waals surface area contributed by atoms with E-state index in [0.717, 1.165) is 18.1 Å². The van der Waals surface area contributed by atoms with Crippen molar-refractivity contribution in [3.05, 3.63) is 53.1 Å². The molecule has 1 fully saturated rings. The third-order valence-corrected chi connectivity index (χ3v) is 6.61. The second-order valence-electron chi connectivity index (χ2n) is 8.85. The summed E-state index contributed by atoms with van der Waals surface area (Å²) in [5, 5.41) is 24.8. The normalized spacial score (nSPS) is 25.4. The number of hydrogen-bond acceptors (Lipinski definition) is 6. The van der Waals surface area contributed by atoms with Crippen molar-refractivity contribution >= 4 is 16.7 Å². The molecule has 10 heteroatoms. The van der Waals surface area contributed by atoms with E-state index >= 15 is 0 Å². The van der Waals surface area contributed by atoms with Crippen LogP contribution < -0.4 is 15.8 Å². The van der Waals surface area contributed by atoms with Gasteiger partial charge in [0.2, 0.25) is 0 Å². The number of nitrogens with zero attached hydrogens (tertiary/aromatic N) is 2. The van der Waals surface area contributed by atoms with E-state index in [0.29, 0.717) is 19.5 Å². The number of anilines is 1. The lowest BCUT2D eigenvalue weighted by atomic mass is 9.95. The van der Waals surface area contributed by atoms with Crippen LogP contribution in [0.1, 0.15) is 36.1 Å². The number of rotatable bonds is 4. The van der Waals surface area contributed by atoms with E-state index in [2.05, 4.69) is 10.3 Å². The monoisotopic (exact) mass is 462 g/mol. The average Bonchev–Trinajstić information content (AvgIpc) is 3.25. The summed E-state index contributed by atoms with van der Waals surface area (Å²) in [5.74, 6) is -3.39. The minimum absolute atomic E-state index is 0.122. The molecular formula is C23H25F3N4O3. The van der Waals surface area contributed by atoms with Crippen LogP contribution in [-0.4, -0.2) is 44.6 Å². The minimum Gasteiger partial charge on any atom is -0.487 e. The fourth-order valence-electron chi connectivity index (χ4n) is 4.85. The van der Waals surface area contributed by atoms with Crippen LogP contribution in [0.25, 0.3) is 11.0 Å². The lowest BCUT2D eigenvalue weighted by molar-refractivity contribution is -0.0171. The van der Waals surface area contributed by atoms with Crippen LogP contribution >= 0.6 is 0 Å². The van der Waals surface area contributed by atoms with Gasteiger partial charge in [-0.2, -0.15) is 0 Å². The Hall–Kier alpha value is -2.82. The highest BCUT2D eigenvalue weighted by molar-refractivity contribution is 5.89. The van der Waals surface area contributed by atoms with Gasteiger partial charge < -0.3 is 30.6 Å². The number of fused-ring (bicyclic) bond motifs is 2. The molecule has 1 aliphatic carbocycles. The molecule has 0 unspecified atom stereocenters. The summed E-state index contributed by atoms with van der Waals surface area (Å²) >= 11 is 0. The molecule has 33 heavy (non-hydrogen) atoms. The number of aromatic nitrogens is 2. The fraction of sp³-hybridized carbons (Fsp3) is 0.435. The van der Waals surface area contributed by atoms with E-state index < -0.39 is 36.1 Å². The molecule has 4 atom stereocenters. The first kappa shape index (κ1) is 22.0. The number of aliphatic hydroxyl groups excluding tert-OH is 2. The first-order chi connectivity index (χ1) is 15.6. The smallest absolute Gasteiger partial charge is 0.270 e. The molecule has 2 aliphatic rings. The van der Waals surface area contributed by atoms with Gasteiger partial charge in [-0.3, -0.25) is 0 Å². The molecule has 176 valence electrons. The number of nitrogens with one attached hydrogen (secondary N) is 1. The minimum atomic E-state index is -3.05. The summed E-state index contributed by atoms with van der Waals surface area (Å²) in [6.07, 6.45) is -0.144. The third-order valence-electron chi connectivity index (χ3n) is 6.61. The lowest BCUT2D eigenvalue weighted by Crippen LogP contribution is -2.35. The Bertz CT molecular complexity index is 1210. The number of hydrogen-bond donors (Lipinski definition) is 4. The van der Waals surface area contributed by atoms with E-state index in [1.807, 2.05) is 0 Å². The van der Waals surface area contributed by atoms with Crippen LogP contribution in [0, 0.1) is 5.82 Å². The van der Waals surface area contributed by atoms with Gasteiger partial charge in [-0.05, 0) is 36.7 Å². The van der Waals surface area contributed by atoms with Crippen LogP contribution in [0.4, 0.5) is 18.9 Å². The summed E-state index contributed by atoms with van der Waals surface area (Å²) < 4.78 is 50.3. The summed E-state index contributed by atoms with van der Waals surface area (Å²) in [6.45, 7) is 1.94. The molecule has 0 bridgehead atoms. The van der Waals surface area contributed by atoms with E-state index in [-0.39, 0.29) is 34.5 Å². The van der Waals surface area contributed by atoms with Gasteiger partial charge in [0, 0.05) is 49.1 Å². The maximum absolute atomic E-state index is 14.5. The molecule has 0 spiro atoms. The molecule has 7 nitrogen and oxygen atoms in total. The summed E-state index contributed by atoms with van der Waals surface area (Å²) in [6, 6.07) is 3.54. The lowest BCUT2D eigenvalue weighted by Gasteiger charge is -2.26. The molecule has 0 amide bonds. The number of ether oxygens (including phenoxy) is 1. The van der Waals surface area contributed by atoms with Crippen LogP contribution in [0.5, 0.6) is 5.75 Å². The zero-order valence-corrected chi connectivity index (χ0v) is 17.9. The van der Waals surface area contributed by atoms with Gasteiger partial charge in [0.15, 0.2) is 5.82 Å². The zero-order valence-electron chi connectivity index (χ0n) is 17.9. The van der Waals surface area contributed by atoms with Crippen LogP contribution in [0.15, 0.2) is 30.6 Å². The first-order valence-corrected chi connectivity index (χ1v) is 10.8. The number of pyridine rings is 1. The zero-order chi connectivity index (χ0) is 23.5. The third kappa shape index (κ3) is 3.71. The Balaban J connectivity index is 1.49. The molecule has 2 aromatic heterocycles. The number of nitrogens with two attached hydrogens (primary N) is 1. The van der Waals surface area contributed by atoms with Crippen LogP contribution in [-0.2, 0) is 18.9 Å².